The lowest BCUT2D eigenvalue weighted by molar-refractivity contribution is 0.112. The van der Waals surface area contributed by atoms with Gasteiger partial charge in [0.05, 0.1) is 6.21 Å². The fraction of sp³-hybridized carbons (Fsp3) is 0. The van der Waals surface area contributed by atoms with Crippen LogP contribution in [0.25, 0.3) is 0 Å². The lowest BCUT2D eigenvalue weighted by atomic mass is 10.2. The summed E-state index contributed by atoms with van der Waals surface area (Å²) in [6, 6.07) is 11.0. The molecule has 0 saturated carbocycles. The molecule has 2 aromatic rings. The zero-order chi connectivity index (χ0) is 14.1. The van der Waals surface area contributed by atoms with Crippen molar-refractivity contribution in [2.24, 2.45) is 5.16 Å². The van der Waals surface area contributed by atoms with Crippen LogP contribution < -0.4 is 0 Å². The minimum atomic E-state index is -0.319. The van der Waals surface area contributed by atoms with Gasteiger partial charge in [-0.1, -0.05) is 17.3 Å². The number of hydrogen-bond donors (Lipinski definition) is 1. The standard InChI is InChI=1S/C7H6FNO.C7H5FO/c8-7-3-1-6(2-4-7)5-9-10;8-7-3-1-6(5-9)2-4-7/h1-5,10H;1-5H/b9-5-;. The first-order valence-corrected chi connectivity index (χ1v) is 5.29. The van der Waals surface area contributed by atoms with E-state index < -0.39 is 0 Å². The van der Waals surface area contributed by atoms with Crippen LogP contribution in [0.1, 0.15) is 15.9 Å². The first-order chi connectivity index (χ1) is 9.15. The van der Waals surface area contributed by atoms with Gasteiger partial charge in [-0.2, -0.15) is 0 Å². The summed E-state index contributed by atoms with van der Waals surface area (Å²) >= 11 is 0. The molecule has 0 fully saturated rings. The van der Waals surface area contributed by atoms with Crippen LogP contribution >= 0.6 is 0 Å². The van der Waals surface area contributed by atoms with E-state index in [1.807, 2.05) is 0 Å². The van der Waals surface area contributed by atoms with Gasteiger partial charge in [-0.25, -0.2) is 8.78 Å². The van der Waals surface area contributed by atoms with Gasteiger partial charge in [0.1, 0.15) is 17.9 Å². The molecule has 3 nitrogen and oxygen atoms in total. The van der Waals surface area contributed by atoms with Crippen molar-refractivity contribution in [2.45, 2.75) is 0 Å². The molecule has 0 aliphatic rings. The molecule has 19 heavy (non-hydrogen) atoms. The number of halogens is 2. The van der Waals surface area contributed by atoms with E-state index in [-0.39, 0.29) is 11.6 Å². The van der Waals surface area contributed by atoms with Crippen molar-refractivity contribution in [3.63, 3.8) is 0 Å². The van der Waals surface area contributed by atoms with E-state index in [2.05, 4.69) is 5.16 Å². The topological polar surface area (TPSA) is 49.7 Å². The predicted molar refractivity (Wildman–Crippen MR) is 67.6 cm³/mol. The highest BCUT2D eigenvalue weighted by Gasteiger charge is 1.88. The fourth-order valence-electron chi connectivity index (χ4n) is 1.16. The molecule has 0 saturated heterocycles. The number of nitrogens with zero attached hydrogens (tertiary/aromatic N) is 1. The molecular weight excluding hydrogens is 252 g/mol. The predicted octanol–water partition coefficient (Wildman–Crippen LogP) is 3.27. The van der Waals surface area contributed by atoms with Gasteiger partial charge in [-0.3, -0.25) is 4.79 Å². The molecule has 0 atom stereocenters. The summed E-state index contributed by atoms with van der Waals surface area (Å²) < 4.78 is 24.3. The lowest BCUT2D eigenvalue weighted by Crippen LogP contribution is -1.80. The highest BCUT2D eigenvalue weighted by atomic mass is 19.1. The van der Waals surface area contributed by atoms with Crippen LogP contribution in [0.5, 0.6) is 0 Å². The number of carbonyl (C=O) groups excluding carboxylic acids is 1. The van der Waals surface area contributed by atoms with Crippen LogP contribution in [-0.4, -0.2) is 17.7 Å². The molecule has 0 aliphatic carbocycles. The Morgan fingerprint density at radius 2 is 1.26 bits per heavy atom. The Bertz CT molecular complexity index is 536. The molecule has 0 radical (unpaired) electrons. The Hall–Kier alpha value is -2.56. The van der Waals surface area contributed by atoms with Crippen molar-refractivity contribution < 1.29 is 18.8 Å². The molecule has 0 spiro atoms. The molecule has 5 heteroatoms. The first-order valence-electron chi connectivity index (χ1n) is 5.29. The Labute approximate surface area is 108 Å². The number of hydrogen-bond acceptors (Lipinski definition) is 3. The van der Waals surface area contributed by atoms with E-state index in [4.69, 9.17) is 5.21 Å². The zero-order valence-electron chi connectivity index (χ0n) is 9.83. The highest BCUT2D eigenvalue weighted by molar-refractivity contribution is 5.78. The number of rotatable bonds is 2. The molecule has 0 aliphatic heterocycles. The second-order valence-electron chi connectivity index (χ2n) is 3.47. The summed E-state index contributed by atoms with van der Waals surface area (Å²) in [5.74, 6) is -0.615. The van der Waals surface area contributed by atoms with Gasteiger partial charge in [0.25, 0.3) is 0 Å². The van der Waals surface area contributed by atoms with E-state index in [0.29, 0.717) is 17.4 Å². The zero-order valence-corrected chi connectivity index (χ0v) is 9.83. The van der Waals surface area contributed by atoms with E-state index in [0.717, 1.165) is 0 Å². The van der Waals surface area contributed by atoms with Crippen molar-refractivity contribution in [2.75, 3.05) is 0 Å². The monoisotopic (exact) mass is 263 g/mol. The average molecular weight is 263 g/mol. The highest BCUT2D eigenvalue weighted by Crippen LogP contribution is 1.99. The largest absolute Gasteiger partial charge is 0.411 e. The first kappa shape index (κ1) is 14.5. The third kappa shape index (κ3) is 5.54. The van der Waals surface area contributed by atoms with Gasteiger partial charge in [0.2, 0.25) is 0 Å². The van der Waals surface area contributed by atoms with Crippen LogP contribution in [0.2, 0.25) is 0 Å². The van der Waals surface area contributed by atoms with Gasteiger partial charge in [0.15, 0.2) is 0 Å². The molecule has 98 valence electrons. The molecule has 0 unspecified atom stereocenters. The maximum absolute atomic E-state index is 12.2. The summed E-state index contributed by atoms with van der Waals surface area (Å²) in [7, 11) is 0. The molecule has 2 aromatic carbocycles. The van der Waals surface area contributed by atoms with Crippen molar-refractivity contribution in [1.82, 2.24) is 0 Å². The van der Waals surface area contributed by atoms with Crippen molar-refractivity contribution in [3.8, 4) is 0 Å². The van der Waals surface area contributed by atoms with Gasteiger partial charge >= 0.3 is 0 Å². The number of benzene rings is 2. The Morgan fingerprint density at radius 1 is 0.842 bits per heavy atom. The van der Waals surface area contributed by atoms with Crippen LogP contribution in [0.15, 0.2) is 53.7 Å². The van der Waals surface area contributed by atoms with Crippen molar-refractivity contribution in [3.05, 3.63) is 71.3 Å². The van der Waals surface area contributed by atoms with E-state index in [1.54, 1.807) is 0 Å². The summed E-state index contributed by atoms with van der Waals surface area (Å²) in [6.45, 7) is 0. The van der Waals surface area contributed by atoms with Crippen LogP contribution in [0, 0.1) is 11.6 Å². The number of oxime groups is 1. The second kappa shape index (κ2) is 7.71. The lowest BCUT2D eigenvalue weighted by Gasteiger charge is -1.88. The third-order valence-electron chi connectivity index (χ3n) is 2.08. The Balaban J connectivity index is 0.000000191. The van der Waals surface area contributed by atoms with Crippen LogP contribution in [0.4, 0.5) is 8.78 Å². The van der Waals surface area contributed by atoms with Gasteiger partial charge < -0.3 is 5.21 Å². The molecular formula is C14H11F2NO2. The van der Waals surface area contributed by atoms with E-state index in [9.17, 15) is 13.6 Å². The smallest absolute Gasteiger partial charge is 0.150 e. The van der Waals surface area contributed by atoms with Gasteiger partial charge in [-0.05, 0) is 42.0 Å². The van der Waals surface area contributed by atoms with Crippen LogP contribution in [-0.2, 0) is 0 Å². The normalized spacial score (nSPS) is 9.79. The fourth-order valence-corrected chi connectivity index (χ4v) is 1.16. The maximum Gasteiger partial charge on any atom is 0.150 e. The summed E-state index contributed by atoms with van der Waals surface area (Å²) in [6.07, 6.45) is 1.92. The minimum Gasteiger partial charge on any atom is -0.411 e. The summed E-state index contributed by atoms with van der Waals surface area (Å²) in [5, 5.41) is 10.9. The molecule has 0 amide bonds. The molecule has 0 aromatic heterocycles. The molecule has 0 heterocycles. The quantitative estimate of drug-likeness (QED) is 0.391. The minimum absolute atomic E-state index is 0.296. The SMILES string of the molecule is O/N=C\c1ccc(F)cc1.O=Cc1ccc(F)cc1. The van der Waals surface area contributed by atoms with Gasteiger partial charge in [-0.15, -0.1) is 0 Å². The second-order valence-corrected chi connectivity index (χ2v) is 3.47. The number of aldehydes is 1. The van der Waals surface area contributed by atoms with E-state index in [1.165, 1.54) is 54.7 Å². The van der Waals surface area contributed by atoms with Crippen LogP contribution in [0.3, 0.4) is 0 Å². The summed E-state index contributed by atoms with van der Waals surface area (Å²) in [5.41, 5.74) is 1.17. The molecule has 1 N–H and O–H groups in total. The third-order valence-corrected chi connectivity index (χ3v) is 2.08. The van der Waals surface area contributed by atoms with Gasteiger partial charge in [0, 0.05) is 5.56 Å². The number of carbonyl (C=O) groups is 1. The van der Waals surface area contributed by atoms with Crippen molar-refractivity contribution >= 4 is 12.5 Å². The Morgan fingerprint density at radius 3 is 1.63 bits per heavy atom. The average Bonchev–Trinajstić information content (AvgIpc) is 2.43. The van der Waals surface area contributed by atoms with E-state index >= 15 is 0 Å². The Kier molecular flexibility index (Phi) is 5.88. The molecule has 2 rings (SSSR count). The molecule has 0 bridgehead atoms. The van der Waals surface area contributed by atoms with Crippen molar-refractivity contribution in [1.29, 1.82) is 0 Å². The maximum atomic E-state index is 12.2. The summed E-state index contributed by atoms with van der Waals surface area (Å²) in [4.78, 5) is 10.00.